The molecule has 0 N–H and O–H groups in total. The first-order chi connectivity index (χ1) is 9.06. The van der Waals surface area contributed by atoms with E-state index in [1.165, 1.54) is 49.7 Å². The normalized spacial score (nSPS) is 24.1. The van der Waals surface area contributed by atoms with E-state index >= 15 is 0 Å². The summed E-state index contributed by atoms with van der Waals surface area (Å²) in [5, 5.41) is 0. The van der Waals surface area contributed by atoms with Gasteiger partial charge in [-0.25, -0.2) is 0 Å². The van der Waals surface area contributed by atoms with Crippen molar-refractivity contribution in [1.82, 2.24) is 0 Å². The zero-order valence-corrected chi connectivity index (χ0v) is 13.5. The first kappa shape index (κ1) is 16.5. The van der Waals surface area contributed by atoms with Crippen molar-refractivity contribution in [3.05, 3.63) is 11.1 Å². The summed E-state index contributed by atoms with van der Waals surface area (Å²) >= 11 is 0. The van der Waals surface area contributed by atoms with Crippen molar-refractivity contribution in [2.24, 2.45) is 5.41 Å². The molecule has 0 saturated heterocycles. The van der Waals surface area contributed by atoms with Crippen LogP contribution in [0.1, 0.15) is 91.9 Å². The van der Waals surface area contributed by atoms with E-state index in [1.54, 1.807) is 0 Å². The second-order valence-corrected chi connectivity index (χ2v) is 6.63. The Bertz CT molecular complexity index is 327. The molecule has 0 amide bonds. The van der Waals surface area contributed by atoms with Crippen LogP contribution in [0.4, 0.5) is 0 Å². The lowest BCUT2D eigenvalue weighted by molar-refractivity contribution is -0.118. The maximum atomic E-state index is 12.5. The van der Waals surface area contributed by atoms with Crippen LogP contribution >= 0.6 is 0 Å². The predicted molar refractivity (Wildman–Crippen MR) is 83.3 cm³/mol. The average molecular weight is 264 g/mol. The lowest BCUT2D eigenvalue weighted by Gasteiger charge is -2.36. The molecule has 110 valence electrons. The number of carbonyl (C=O) groups excluding carboxylic acids is 1. The van der Waals surface area contributed by atoms with Crippen LogP contribution in [-0.4, -0.2) is 5.78 Å². The first-order valence-corrected chi connectivity index (χ1v) is 8.30. The summed E-state index contributed by atoms with van der Waals surface area (Å²) < 4.78 is 0. The molecule has 1 heteroatoms. The molecule has 1 unspecified atom stereocenters. The SMILES string of the molecule is CCCCC1=C(CCC)C(=O)CC(C)(CCCC)C1. The third kappa shape index (κ3) is 4.78. The fraction of sp³-hybridized carbons (Fsp3) is 0.833. The van der Waals surface area contributed by atoms with E-state index in [2.05, 4.69) is 27.7 Å². The molecule has 19 heavy (non-hydrogen) atoms. The number of hydrogen-bond acceptors (Lipinski definition) is 1. The van der Waals surface area contributed by atoms with E-state index in [0.717, 1.165) is 25.7 Å². The Morgan fingerprint density at radius 1 is 0.947 bits per heavy atom. The molecule has 0 fully saturated rings. The fourth-order valence-corrected chi connectivity index (χ4v) is 3.35. The zero-order valence-electron chi connectivity index (χ0n) is 13.5. The lowest BCUT2D eigenvalue weighted by atomic mass is 9.68. The molecule has 0 heterocycles. The average Bonchev–Trinajstić information content (AvgIpc) is 2.38. The maximum Gasteiger partial charge on any atom is 0.159 e. The molecule has 0 aromatic carbocycles. The summed E-state index contributed by atoms with van der Waals surface area (Å²) in [6, 6.07) is 0. The highest BCUT2D eigenvalue weighted by atomic mass is 16.1. The number of rotatable bonds is 8. The number of carbonyl (C=O) groups is 1. The van der Waals surface area contributed by atoms with Crippen LogP contribution in [0.2, 0.25) is 0 Å². The van der Waals surface area contributed by atoms with Crippen molar-refractivity contribution in [2.45, 2.75) is 91.9 Å². The number of unbranched alkanes of at least 4 members (excludes halogenated alkanes) is 2. The van der Waals surface area contributed by atoms with Gasteiger partial charge in [0.15, 0.2) is 5.78 Å². The van der Waals surface area contributed by atoms with Gasteiger partial charge in [0.1, 0.15) is 0 Å². The van der Waals surface area contributed by atoms with Gasteiger partial charge in [0, 0.05) is 6.42 Å². The van der Waals surface area contributed by atoms with E-state index in [9.17, 15) is 4.79 Å². The summed E-state index contributed by atoms with van der Waals surface area (Å²) in [5.74, 6) is 0.456. The highest BCUT2D eigenvalue weighted by molar-refractivity contribution is 5.97. The van der Waals surface area contributed by atoms with Crippen molar-refractivity contribution in [2.75, 3.05) is 0 Å². The van der Waals surface area contributed by atoms with Gasteiger partial charge in [-0.3, -0.25) is 4.79 Å². The largest absolute Gasteiger partial charge is 0.295 e. The Labute approximate surface area is 119 Å². The van der Waals surface area contributed by atoms with E-state index in [0.29, 0.717) is 5.78 Å². The number of Topliss-reactive ketones (excluding diaryl/α,β-unsaturated/α-hetero) is 1. The van der Waals surface area contributed by atoms with Gasteiger partial charge in [-0.15, -0.1) is 0 Å². The monoisotopic (exact) mass is 264 g/mol. The molecule has 1 nitrogen and oxygen atoms in total. The first-order valence-electron chi connectivity index (χ1n) is 8.30. The highest BCUT2D eigenvalue weighted by Crippen LogP contribution is 2.43. The summed E-state index contributed by atoms with van der Waals surface area (Å²) in [6.07, 6.45) is 11.4. The molecule has 0 aromatic rings. The fourth-order valence-electron chi connectivity index (χ4n) is 3.35. The molecular formula is C18H32O. The van der Waals surface area contributed by atoms with Crippen LogP contribution in [-0.2, 0) is 4.79 Å². The smallest absolute Gasteiger partial charge is 0.159 e. The van der Waals surface area contributed by atoms with Crippen molar-refractivity contribution in [3.63, 3.8) is 0 Å². The minimum absolute atomic E-state index is 0.243. The third-order valence-corrected chi connectivity index (χ3v) is 4.46. The Kier molecular flexibility index (Phi) is 6.82. The van der Waals surface area contributed by atoms with E-state index in [4.69, 9.17) is 0 Å². The minimum atomic E-state index is 0.243. The Balaban J connectivity index is 2.86. The van der Waals surface area contributed by atoms with Gasteiger partial charge >= 0.3 is 0 Å². The van der Waals surface area contributed by atoms with Crippen LogP contribution in [0.25, 0.3) is 0 Å². The Hall–Kier alpha value is -0.590. The standard InChI is InChI=1S/C18H32O/c1-5-8-11-15-13-18(4,12-9-6-2)14-17(19)16(15)10-7-3/h5-14H2,1-4H3. The number of allylic oxidation sites excluding steroid dienone is 2. The van der Waals surface area contributed by atoms with Crippen LogP contribution in [0.15, 0.2) is 11.1 Å². The van der Waals surface area contributed by atoms with Gasteiger partial charge in [-0.2, -0.15) is 0 Å². The van der Waals surface area contributed by atoms with E-state index < -0.39 is 0 Å². The zero-order chi connectivity index (χ0) is 14.3. The van der Waals surface area contributed by atoms with Gasteiger partial charge in [0.05, 0.1) is 0 Å². The number of ketones is 1. The molecule has 1 aliphatic carbocycles. The van der Waals surface area contributed by atoms with Gasteiger partial charge in [-0.1, -0.05) is 59.0 Å². The topological polar surface area (TPSA) is 17.1 Å². The van der Waals surface area contributed by atoms with Gasteiger partial charge in [0.2, 0.25) is 0 Å². The summed E-state index contributed by atoms with van der Waals surface area (Å²) in [6.45, 7) is 8.99. The van der Waals surface area contributed by atoms with Gasteiger partial charge in [-0.05, 0) is 43.1 Å². The van der Waals surface area contributed by atoms with Crippen LogP contribution in [0, 0.1) is 5.41 Å². The summed E-state index contributed by atoms with van der Waals surface area (Å²) in [7, 11) is 0. The lowest BCUT2D eigenvalue weighted by Crippen LogP contribution is -2.28. The van der Waals surface area contributed by atoms with E-state index in [1.807, 2.05) is 0 Å². The molecule has 1 rings (SSSR count). The minimum Gasteiger partial charge on any atom is -0.295 e. The summed E-state index contributed by atoms with van der Waals surface area (Å²) in [5.41, 5.74) is 2.94. The predicted octanol–water partition coefficient (Wildman–Crippen LogP) is 5.83. The number of hydrogen-bond donors (Lipinski definition) is 0. The molecule has 1 atom stereocenters. The third-order valence-electron chi connectivity index (χ3n) is 4.46. The second kappa shape index (κ2) is 7.87. The van der Waals surface area contributed by atoms with Crippen LogP contribution in [0.3, 0.4) is 0 Å². The second-order valence-electron chi connectivity index (χ2n) is 6.63. The van der Waals surface area contributed by atoms with Crippen molar-refractivity contribution < 1.29 is 4.79 Å². The summed E-state index contributed by atoms with van der Waals surface area (Å²) in [4.78, 5) is 12.5. The van der Waals surface area contributed by atoms with Crippen molar-refractivity contribution in [3.8, 4) is 0 Å². The molecule has 0 bridgehead atoms. The Morgan fingerprint density at radius 2 is 1.63 bits per heavy atom. The van der Waals surface area contributed by atoms with Crippen molar-refractivity contribution >= 4 is 5.78 Å². The molecule has 0 aliphatic heterocycles. The molecule has 0 spiro atoms. The molecule has 0 aromatic heterocycles. The van der Waals surface area contributed by atoms with Crippen LogP contribution in [0.5, 0.6) is 0 Å². The molecular weight excluding hydrogens is 232 g/mol. The van der Waals surface area contributed by atoms with Gasteiger partial charge in [0.25, 0.3) is 0 Å². The Morgan fingerprint density at radius 3 is 2.21 bits per heavy atom. The molecule has 0 radical (unpaired) electrons. The van der Waals surface area contributed by atoms with Crippen LogP contribution < -0.4 is 0 Å². The van der Waals surface area contributed by atoms with Gasteiger partial charge < -0.3 is 0 Å². The molecule has 0 saturated carbocycles. The highest BCUT2D eigenvalue weighted by Gasteiger charge is 2.34. The molecule has 1 aliphatic rings. The van der Waals surface area contributed by atoms with E-state index in [-0.39, 0.29) is 5.41 Å². The maximum absolute atomic E-state index is 12.5. The van der Waals surface area contributed by atoms with Crippen molar-refractivity contribution in [1.29, 1.82) is 0 Å². The quantitative estimate of drug-likeness (QED) is 0.539.